The Morgan fingerprint density at radius 3 is 1.97 bits per heavy atom. The summed E-state index contributed by atoms with van der Waals surface area (Å²) in [5.74, 6) is 2.15. The van der Waals surface area contributed by atoms with E-state index in [1.807, 2.05) is 96.7 Å². The summed E-state index contributed by atoms with van der Waals surface area (Å²) < 4.78 is 0. The van der Waals surface area contributed by atoms with Crippen molar-refractivity contribution >= 4 is 34.7 Å². The third-order valence-electron chi connectivity index (χ3n) is 4.99. The first-order valence-electron chi connectivity index (χ1n) is 9.89. The van der Waals surface area contributed by atoms with Crippen LogP contribution in [0.3, 0.4) is 0 Å². The number of rotatable bonds is 6. The van der Waals surface area contributed by atoms with E-state index in [1.54, 1.807) is 0 Å². The maximum absolute atomic E-state index is 13.2. The fourth-order valence-electron chi connectivity index (χ4n) is 3.53. The normalized spacial score (nSPS) is 15.4. The molecule has 5 heteroatoms. The number of amides is 1. The Bertz CT molecular complexity index is 910. The highest BCUT2D eigenvalue weighted by molar-refractivity contribution is 7.99. The lowest BCUT2D eigenvalue weighted by molar-refractivity contribution is -0.121. The van der Waals surface area contributed by atoms with Gasteiger partial charge in [0.05, 0.1) is 0 Å². The second-order valence-electron chi connectivity index (χ2n) is 7.02. The number of hydrogen-bond donors (Lipinski definition) is 2. The molecule has 1 aliphatic heterocycles. The van der Waals surface area contributed by atoms with Gasteiger partial charge in [-0.3, -0.25) is 9.69 Å². The van der Waals surface area contributed by atoms with Gasteiger partial charge in [0.1, 0.15) is 6.04 Å². The molecule has 4 rings (SSSR count). The van der Waals surface area contributed by atoms with Crippen LogP contribution < -0.4 is 10.6 Å². The minimum atomic E-state index is -0.265. The number of thioether (sulfide) groups is 1. The molecule has 0 spiro atoms. The largest absolute Gasteiger partial charge is 0.356 e. The summed E-state index contributed by atoms with van der Waals surface area (Å²) in [4.78, 5) is 15.5. The zero-order valence-corrected chi connectivity index (χ0v) is 17.1. The summed E-state index contributed by atoms with van der Waals surface area (Å²) in [6, 6.07) is 27.7. The maximum Gasteiger partial charge on any atom is 0.246 e. The molecule has 1 saturated heterocycles. The van der Waals surface area contributed by atoms with E-state index in [2.05, 4.69) is 15.5 Å². The molecule has 1 unspecified atom stereocenters. The minimum Gasteiger partial charge on any atom is -0.356 e. The predicted molar refractivity (Wildman–Crippen MR) is 123 cm³/mol. The maximum atomic E-state index is 13.2. The van der Waals surface area contributed by atoms with E-state index in [9.17, 15) is 4.79 Å². The predicted octanol–water partition coefficient (Wildman–Crippen LogP) is 5.16. The standard InChI is InChI=1S/C24H25N3OS/c28-24(23(19-7-3-1-4-8-19)27-15-17-29-18-16-27)26-22-13-11-21(12-14-22)25-20-9-5-2-6-10-20/h1-14,23,25H,15-18H2,(H,26,28). The van der Waals surface area contributed by atoms with E-state index in [0.29, 0.717) is 0 Å². The zero-order chi connectivity index (χ0) is 19.9. The van der Waals surface area contributed by atoms with Gasteiger partial charge in [-0.15, -0.1) is 0 Å². The lowest BCUT2D eigenvalue weighted by Crippen LogP contribution is -2.41. The summed E-state index contributed by atoms with van der Waals surface area (Å²) in [5, 5.41) is 6.48. The summed E-state index contributed by atoms with van der Waals surface area (Å²) in [7, 11) is 0. The van der Waals surface area contributed by atoms with E-state index in [1.165, 1.54) is 0 Å². The van der Waals surface area contributed by atoms with Crippen molar-refractivity contribution in [2.24, 2.45) is 0 Å². The number of nitrogens with zero attached hydrogens (tertiary/aromatic N) is 1. The van der Waals surface area contributed by atoms with Gasteiger partial charge in [0.15, 0.2) is 0 Å². The van der Waals surface area contributed by atoms with Crippen molar-refractivity contribution < 1.29 is 4.79 Å². The number of carbonyl (C=O) groups excluding carboxylic acids is 1. The molecular weight excluding hydrogens is 378 g/mol. The Hall–Kier alpha value is -2.76. The van der Waals surface area contributed by atoms with Crippen molar-refractivity contribution in [3.8, 4) is 0 Å². The van der Waals surface area contributed by atoms with E-state index < -0.39 is 0 Å². The number of benzene rings is 3. The van der Waals surface area contributed by atoms with Crippen molar-refractivity contribution in [3.63, 3.8) is 0 Å². The fraction of sp³-hybridized carbons (Fsp3) is 0.208. The molecule has 29 heavy (non-hydrogen) atoms. The molecule has 1 amide bonds. The monoisotopic (exact) mass is 403 g/mol. The van der Waals surface area contributed by atoms with Crippen LogP contribution in [-0.4, -0.2) is 35.4 Å². The van der Waals surface area contributed by atoms with Crippen LogP contribution in [0.4, 0.5) is 17.1 Å². The molecule has 0 aliphatic carbocycles. The van der Waals surface area contributed by atoms with Gasteiger partial charge in [-0.1, -0.05) is 48.5 Å². The molecule has 0 radical (unpaired) electrons. The second-order valence-corrected chi connectivity index (χ2v) is 8.24. The topological polar surface area (TPSA) is 44.4 Å². The first-order valence-corrected chi connectivity index (χ1v) is 11.0. The van der Waals surface area contributed by atoms with Gasteiger partial charge in [0, 0.05) is 41.7 Å². The number of hydrogen-bond acceptors (Lipinski definition) is 4. The molecule has 3 aromatic rings. The molecule has 1 atom stereocenters. The zero-order valence-electron chi connectivity index (χ0n) is 16.3. The Kier molecular flexibility index (Phi) is 6.49. The van der Waals surface area contributed by atoms with Crippen molar-refractivity contribution in [1.29, 1.82) is 0 Å². The summed E-state index contributed by atoms with van der Waals surface area (Å²) in [5.41, 5.74) is 3.87. The van der Waals surface area contributed by atoms with Crippen molar-refractivity contribution in [1.82, 2.24) is 4.90 Å². The van der Waals surface area contributed by atoms with Crippen LogP contribution in [0.5, 0.6) is 0 Å². The molecule has 1 aliphatic rings. The minimum absolute atomic E-state index is 0.0202. The highest BCUT2D eigenvalue weighted by Crippen LogP contribution is 2.26. The van der Waals surface area contributed by atoms with Gasteiger partial charge >= 0.3 is 0 Å². The second kappa shape index (κ2) is 9.63. The molecule has 1 heterocycles. The van der Waals surface area contributed by atoms with Crippen LogP contribution >= 0.6 is 11.8 Å². The number of carbonyl (C=O) groups is 1. The van der Waals surface area contributed by atoms with Gasteiger partial charge in [-0.25, -0.2) is 0 Å². The molecule has 1 fully saturated rings. The van der Waals surface area contributed by atoms with Gasteiger partial charge in [-0.05, 0) is 42.0 Å². The lowest BCUT2D eigenvalue weighted by atomic mass is 10.0. The first kappa shape index (κ1) is 19.6. The number of para-hydroxylation sites is 1. The first-order chi connectivity index (χ1) is 14.3. The van der Waals surface area contributed by atoms with Crippen molar-refractivity contribution in [2.75, 3.05) is 35.2 Å². The Morgan fingerprint density at radius 1 is 0.759 bits per heavy atom. The Morgan fingerprint density at radius 2 is 1.31 bits per heavy atom. The average Bonchev–Trinajstić information content (AvgIpc) is 2.78. The van der Waals surface area contributed by atoms with E-state index in [-0.39, 0.29) is 11.9 Å². The fourth-order valence-corrected chi connectivity index (χ4v) is 4.47. The molecule has 0 saturated carbocycles. The smallest absolute Gasteiger partial charge is 0.246 e. The van der Waals surface area contributed by atoms with Crippen molar-refractivity contribution in [3.05, 3.63) is 90.5 Å². The summed E-state index contributed by atoms with van der Waals surface area (Å²) in [6.45, 7) is 1.86. The molecular formula is C24H25N3OS. The summed E-state index contributed by atoms with van der Waals surface area (Å²) in [6.07, 6.45) is 0. The molecule has 3 aromatic carbocycles. The Balaban J connectivity index is 1.47. The highest BCUT2D eigenvalue weighted by atomic mass is 32.2. The SMILES string of the molecule is O=C(Nc1ccc(Nc2ccccc2)cc1)C(c1ccccc1)N1CCSCC1. The van der Waals surface area contributed by atoms with E-state index >= 15 is 0 Å². The third-order valence-corrected chi connectivity index (χ3v) is 5.93. The average molecular weight is 404 g/mol. The van der Waals surface area contributed by atoms with Crippen molar-refractivity contribution in [2.45, 2.75) is 6.04 Å². The van der Waals surface area contributed by atoms with Gasteiger partial charge in [0.2, 0.25) is 5.91 Å². The molecule has 4 nitrogen and oxygen atoms in total. The van der Waals surface area contributed by atoms with Crippen LogP contribution in [0.2, 0.25) is 0 Å². The lowest BCUT2D eigenvalue weighted by Gasteiger charge is -2.33. The Labute approximate surface area is 176 Å². The van der Waals surface area contributed by atoms with Crippen LogP contribution in [0.25, 0.3) is 0 Å². The number of nitrogens with one attached hydrogen (secondary N) is 2. The highest BCUT2D eigenvalue weighted by Gasteiger charge is 2.28. The van der Waals surface area contributed by atoms with Gasteiger partial charge in [0.25, 0.3) is 0 Å². The molecule has 0 bridgehead atoms. The van der Waals surface area contributed by atoms with Crippen LogP contribution in [-0.2, 0) is 4.79 Å². The van der Waals surface area contributed by atoms with Gasteiger partial charge < -0.3 is 10.6 Å². The van der Waals surface area contributed by atoms with Crippen LogP contribution in [0.15, 0.2) is 84.9 Å². The number of anilines is 3. The van der Waals surface area contributed by atoms with Crippen LogP contribution in [0.1, 0.15) is 11.6 Å². The van der Waals surface area contributed by atoms with Gasteiger partial charge in [-0.2, -0.15) is 11.8 Å². The van der Waals surface area contributed by atoms with Crippen LogP contribution in [0, 0.1) is 0 Å². The quantitative estimate of drug-likeness (QED) is 0.597. The molecule has 2 N–H and O–H groups in total. The molecule has 148 valence electrons. The van der Waals surface area contributed by atoms with E-state index in [4.69, 9.17) is 0 Å². The third kappa shape index (κ3) is 5.19. The van der Waals surface area contributed by atoms with E-state index in [0.717, 1.165) is 47.2 Å². The summed E-state index contributed by atoms with van der Waals surface area (Å²) >= 11 is 1.95. The molecule has 0 aromatic heterocycles.